The topological polar surface area (TPSA) is 67.4 Å². The fourth-order valence-electron chi connectivity index (χ4n) is 1.94. The quantitative estimate of drug-likeness (QED) is 0.878. The summed E-state index contributed by atoms with van der Waals surface area (Å²) < 4.78 is 5.18. The summed E-state index contributed by atoms with van der Waals surface area (Å²) in [6, 6.07) is 8.95. The molecular formula is C17H26N2O3. The SMILES string of the molecule is CCC(NC(=O)OC(C)(C)C)C(=O)NC(C)c1ccccc1. The molecule has 2 unspecified atom stereocenters. The number of benzene rings is 1. The predicted octanol–water partition coefficient (Wildman–Crippen LogP) is 3.17. The molecule has 0 aliphatic heterocycles. The number of carbonyl (C=O) groups is 2. The van der Waals surface area contributed by atoms with Gasteiger partial charge < -0.3 is 15.4 Å². The highest BCUT2D eigenvalue weighted by Crippen LogP contribution is 2.12. The van der Waals surface area contributed by atoms with Crippen LogP contribution in [0.4, 0.5) is 4.79 Å². The van der Waals surface area contributed by atoms with Crippen molar-refractivity contribution in [1.29, 1.82) is 0 Å². The van der Waals surface area contributed by atoms with E-state index in [0.29, 0.717) is 6.42 Å². The van der Waals surface area contributed by atoms with E-state index in [2.05, 4.69) is 10.6 Å². The molecule has 1 rings (SSSR count). The van der Waals surface area contributed by atoms with Gasteiger partial charge in [-0.3, -0.25) is 4.79 Å². The van der Waals surface area contributed by atoms with Gasteiger partial charge in [-0.05, 0) is 39.7 Å². The molecule has 1 aromatic rings. The average molecular weight is 306 g/mol. The van der Waals surface area contributed by atoms with Crippen LogP contribution in [0.25, 0.3) is 0 Å². The van der Waals surface area contributed by atoms with Crippen molar-refractivity contribution in [1.82, 2.24) is 10.6 Å². The maximum atomic E-state index is 12.3. The van der Waals surface area contributed by atoms with Crippen LogP contribution in [0.5, 0.6) is 0 Å². The standard InChI is InChI=1S/C17H26N2O3/c1-6-14(19-16(21)22-17(3,4)5)15(20)18-12(2)13-10-8-7-9-11-13/h7-12,14H,6H2,1-5H3,(H,18,20)(H,19,21). The van der Waals surface area contributed by atoms with Gasteiger partial charge in [0.1, 0.15) is 11.6 Å². The monoisotopic (exact) mass is 306 g/mol. The van der Waals surface area contributed by atoms with Crippen molar-refractivity contribution in [2.45, 2.75) is 58.7 Å². The van der Waals surface area contributed by atoms with Gasteiger partial charge in [0.25, 0.3) is 0 Å². The molecule has 0 aliphatic rings. The van der Waals surface area contributed by atoms with E-state index in [1.807, 2.05) is 44.2 Å². The maximum Gasteiger partial charge on any atom is 0.408 e. The van der Waals surface area contributed by atoms with E-state index in [-0.39, 0.29) is 11.9 Å². The first kappa shape index (κ1) is 18.0. The molecule has 22 heavy (non-hydrogen) atoms. The van der Waals surface area contributed by atoms with Crippen molar-refractivity contribution in [3.63, 3.8) is 0 Å². The largest absolute Gasteiger partial charge is 0.444 e. The first-order valence-corrected chi connectivity index (χ1v) is 7.57. The first-order valence-electron chi connectivity index (χ1n) is 7.57. The van der Waals surface area contributed by atoms with Gasteiger partial charge in [0, 0.05) is 0 Å². The van der Waals surface area contributed by atoms with Crippen LogP contribution in [0.1, 0.15) is 52.6 Å². The fraction of sp³-hybridized carbons (Fsp3) is 0.529. The normalized spacial score (nSPS) is 13.9. The summed E-state index contributed by atoms with van der Waals surface area (Å²) >= 11 is 0. The van der Waals surface area contributed by atoms with Gasteiger partial charge in [-0.2, -0.15) is 0 Å². The molecule has 0 aliphatic carbocycles. The second-order valence-electron chi connectivity index (χ2n) is 6.25. The highest BCUT2D eigenvalue weighted by atomic mass is 16.6. The molecule has 0 heterocycles. The zero-order chi connectivity index (χ0) is 16.8. The van der Waals surface area contributed by atoms with Gasteiger partial charge in [-0.15, -0.1) is 0 Å². The zero-order valence-corrected chi connectivity index (χ0v) is 14.0. The molecule has 2 N–H and O–H groups in total. The molecule has 2 amide bonds. The molecule has 0 fully saturated rings. The molecule has 5 heteroatoms. The highest BCUT2D eigenvalue weighted by Gasteiger charge is 2.24. The van der Waals surface area contributed by atoms with Crippen molar-refractivity contribution in [2.75, 3.05) is 0 Å². The Labute approximate surface area is 132 Å². The molecule has 5 nitrogen and oxygen atoms in total. The van der Waals surface area contributed by atoms with E-state index in [9.17, 15) is 9.59 Å². The molecule has 2 atom stereocenters. The number of nitrogens with one attached hydrogen (secondary N) is 2. The minimum Gasteiger partial charge on any atom is -0.444 e. The lowest BCUT2D eigenvalue weighted by Crippen LogP contribution is -2.48. The van der Waals surface area contributed by atoms with E-state index in [1.165, 1.54) is 0 Å². The summed E-state index contributed by atoms with van der Waals surface area (Å²) in [6.45, 7) is 9.10. The molecule has 0 aromatic heterocycles. The van der Waals surface area contributed by atoms with E-state index < -0.39 is 17.7 Å². The molecule has 0 radical (unpaired) electrons. The minimum absolute atomic E-state index is 0.122. The van der Waals surface area contributed by atoms with Gasteiger partial charge >= 0.3 is 6.09 Å². The van der Waals surface area contributed by atoms with Gasteiger partial charge in [-0.25, -0.2) is 4.79 Å². The van der Waals surface area contributed by atoms with Crippen LogP contribution < -0.4 is 10.6 Å². The smallest absolute Gasteiger partial charge is 0.408 e. The molecule has 0 bridgehead atoms. The Morgan fingerprint density at radius 1 is 1.14 bits per heavy atom. The van der Waals surface area contributed by atoms with Gasteiger partial charge in [0.15, 0.2) is 0 Å². The van der Waals surface area contributed by atoms with E-state index in [0.717, 1.165) is 5.56 Å². The molecule has 0 saturated carbocycles. The van der Waals surface area contributed by atoms with E-state index in [1.54, 1.807) is 20.8 Å². The number of carbonyl (C=O) groups excluding carboxylic acids is 2. The summed E-state index contributed by atoms with van der Waals surface area (Å²) in [4.78, 5) is 24.1. The van der Waals surface area contributed by atoms with Crippen LogP contribution in [0.3, 0.4) is 0 Å². The number of hydrogen-bond donors (Lipinski definition) is 2. The van der Waals surface area contributed by atoms with Crippen molar-refractivity contribution < 1.29 is 14.3 Å². The number of amides is 2. The van der Waals surface area contributed by atoms with Crippen LogP contribution in [-0.4, -0.2) is 23.6 Å². The number of alkyl carbamates (subject to hydrolysis) is 1. The van der Waals surface area contributed by atoms with E-state index >= 15 is 0 Å². The first-order chi connectivity index (χ1) is 10.2. The Hall–Kier alpha value is -2.04. The Morgan fingerprint density at radius 3 is 2.23 bits per heavy atom. The second kappa shape index (κ2) is 7.82. The second-order valence-corrected chi connectivity index (χ2v) is 6.25. The predicted molar refractivity (Wildman–Crippen MR) is 86.4 cm³/mol. The van der Waals surface area contributed by atoms with Crippen LogP contribution in [0, 0.1) is 0 Å². The summed E-state index contributed by atoms with van der Waals surface area (Å²) in [7, 11) is 0. The summed E-state index contributed by atoms with van der Waals surface area (Å²) in [5.74, 6) is -0.218. The van der Waals surface area contributed by atoms with Gasteiger partial charge in [-0.1, -0.05) is 37.3 Å². The van der Waals surface area contributed by atoms with Crippen LogP contribution in [0.15, 0.2) is 30.3 Å². The lowest BCUT2D eigenvalue weighted by atomic mass is 10.1. The number of hydrogen-bond acceptors (Lipinski definition) is 3. The molecule has 1 aromatic carbocycles. The Balaban J connectivity index is 2.59. The van der Waals surface area contributed by atoms with Crippen LogP contribution in [0.2, 0.25) is 0 Å². The third-order valence-electron chi connectivity index (χ3n) is 3.07. The Morgan fingerprint density at radius 2 is 1.73 bits per heavy atom. The average Bonchev–Trinajstić information content (AvgIpc) is 2.43. The number of rotatable bonds is 5. The summed E-state index contributed by atoms with van der Waals surface area (Å²) in [5.41, 5.74) is 0.430. The van der Waals surface area contributed by atoms with Crippen molar-refractivity contribution in [3.05, 3.63) is 35.9 Å². The third-order valence-corrected chi connectivity index (χ3v) is 3.07. The van der Waals surface area contributed by atoms with Gasteiger partial charge in [0.05, 0.1) is 6.04 Å². The van der Waals surface area contributed by atoms with E-state index in [4.69, 9.17) is 4.74 Å². The Bertz CT molecular complexity index is 494. The highest BCUT2D eigenvalue weighted by molar-refractivity contribution is 5.85. The molecule has 122 valence electrons. The fourth-order valence-corrected chi connectivity index (χ4v) is 1.94. The maximum absolute atomic E-state index is 12.3. The summed E-state index contributed by atoms with van der Waals surface area (Å²) in [5, 5.41) is 5.51. The zero-order valence-electron chi connectivity index (χ0n) is 14.0. The van der Waals surface area contributed by atoms with Crippen molar-refractivity contribution >= 4 is 12.0 Å². The lowest BCUT2D eigenvalue weighted by molar-refractivity contribution is -0.123. The molecular weight excluding hydrogens is 280 g/mol. The number of ether oxygens (including phenoxy) is 1. The lowest BCUT2D eigenvalue weighted by Gasteiger charge is -2.24. The third kappa shape index (κ3) is 6.16. The molecule has 0 spiro atoms. The Kier molecular flexibility index (Phi) is 6.40. The summed E-state index contributed by atoms with van der Waals surface area (Å²) in [6.07, 6.45) is -0.0890. The van der Waals surface area contributed by atoms with Gasteiger partial charge in [0.2, 0.25) is 5.91 Å². The van der Waals surface area contributed by atoms with Crippen molar-refractivity contribution in [3.8, 4) is 0 Å². The van der Waals surface area contributed by atoms with Crippen molar-refractivity contribution in [2.24, 2.45) is 0 Å². The molecule has 0 saturated heterocycles. The minimum atomic E-state index is -0.610. The van der Waals surface area contributed by atoms with Crippen LogP contribution in [-0.2, 0) is 9.53 Å². The van der Waals surface area contributed by atoms with Crippen LogP contribution >= 0.6 is 0 Å².